The van der Waals surface area contributed by atoms with E-state index >= 15 is 0 Å². The zero-order valence-corrected chi connectivity index (χ0v) is 19.8. The maximum Gasteiger partial charge on any atom is 0.256 e. The molecule has 6 rings (SSSR count). The van der Waals surface area contributed by atoms with Crippen LogP contribution < -0.4 is 15.4 Å². The zero-order valence-electron chi connectivity index (χ0n) is 19.8. The zero-order chi connectivity index (χ0) is 24.9. The number of ether oxygens (including phenoxy) is 2. The van der Waals surface area contributed by atoms with E-state index in [1.165, 1.54) is 6.21 Å². The standard InChI is InChI=1S/C14H15N7O.C12H11NO/c15-11-9-12(20-5-7-22-8-6-20)21-14(17-11)18-13(19-21)10-1-3-16-4-2-10;1-14-12-5-4-10-6-9(8-13)2-3-11(10)7-12/h1-4,9H,5-8H2,(H2,15,17,18,19);2-8,13H,1H3. The van der Waals surface area contributed by atoms with E-state index in [1.54, 1.807) is 24.0 Å². The molecule has 0 amide bonds. The first-order chi connectivity index (χ1) is 17.6. The van der Waals surface area contributed by atoms with Gasteiger partial charge in [0.05, 0.1) is 20.3 Å². The van der Waals surface area contributed by atoms with Crippen LogP contribution in [-0.4, -0.2) is 64.2 Å². The molecule has 0 spiro atoms. The van der Waals surface area contributed by atoms with Crippen LogP contribution in [0.25, 0.3) is 27.9 Å². The Labute approximate surface area is 207 Å². The van der Waals surface area contributed by atoms with Crippen molar-refractivity contribution in [3.8, 4) is 17.1 Å². The fourth-order valence-corrected chi connectivity index (χ4v) is 3.97. The minimum absolute atomic E-state index is 0.433. The third kappa shape index (κ3) is 4.93. The number of hydrogen-bond donors (Lipinski definition) is 2. The normalized spacial score (nSPS) is 13.3. The third-order valence-corrected chi connectivity index (χ3v) is 5.82. The first-order valence-electron chi connectivity index (χ1n) is 11.5. The number of nitrogens with zero attached hydrogens (tertiary/aromatic N) is 6. The molecule has 182 valence electrons. The second kappa shape index (κ2) is 10.4. The predicted octanol–water partition coefficient (Wildman–Crippen LogP) is 3.45. The van der Waals surface area contributed by atoms with Gasteiger partial charge in [-0.25, -0.2) is 0 Å². The summed E-state index contributed by atoms with van der Waals surface area (Å²) in [5.41, 5.74) is 7.73. The van der Waals surface area contributed by atoms with Crippen molar-refractivity contribution in [3.05, 3.63) is 72.6 Å². The summed E-state index contributed by atoms with van der Waals surface area (Å²) in [6, 6.07) is 17.4. The largest absolute Gasteiger partial charge is 0.497 e. The number of hydrogen-bond acceptors (Lipinski definition) is 9. The number of morpholine rings is 1. The Hall–Kier alpha value is -4.57. The second-order valence-electron chi connectivity index (χ2n) is 8.14. The maximum atomic E-state index is 7.15. The number of benzene rings is 2. The van der Waals surface area contributed by atoms with Gasteiger partial charge in [0.15, 0.2) is 5.82 Å². The molecule has 0 bridgehead atoms. The van der Waals surface area contributed by atoms with Gasteiger partial charge in [-0.05, 0) is 46.7 Å². The molecule has 1 fully saturated rings. The fraction of sp³-hybridized carbons (Fsp3) is 0.192. The Bertz CT molecular complexity index is 1500. The van der Waals surface area contributed by atoms with Gasteiger partial charge in [0.25, 0.3) is 5.78 Å². The summed E-state index contributed by atoms with van der Waals surface area (Å²) in [7, 11) is 1.66. The molecule has 0 unspecified atom stereocenters. The first kappa shape index (κ1) is 23.2. The third-order valence-electron chi connectivity index (χ3n) is 5.82. The Kier molecular flexibility index (Phi) is 6.67. The van der Waals surface area contributed by atoms with Gasteiger partial charge in [-0.2, -0.15) is 14.5 Å². The van der Waals surface area contributed by atoms with Gasteiger partial charge >= 0.3 is 0 Å². The van der Waals surface area contributed by atoms with E-state index in [2.05, 4.69) is 25.0 Å². The first-order valence-corrected chi connectivity index (χ1v) is 11.5. The van der Waals surface area contributed by atoms with Crippen molar-refractivity contribution < 1.29 is 9.47 Å². The highest BCUT2D eigenvalue weighted by Gasteiger charge is 2.18. The molecule has 0 aliphatic carbocycles. The number of aromatic nitrogens is 5. The molecular formula is C26H26N8O2. The average Bonchev–Trinajstić information content (AvgIpc) is 3.37. The number of anilines is 2. The van der Waals surface area contributed by atoms with Crippen molar-refractivity contribution in [3.63, 3.8) is 0 Å². The number of nitrogens with one attached hydrogen (secondary N) is 1. The Morgan fingerprint density at radius 2 is 1.72 bits per heavy atom. The number of pyridine rings is 1. The average molecular weight is 483 g/mol. The second-order valence-corrected chi connectivity index (χ2v) is 8.14. The molecule has 0 atom stereocenters. The van der Waals surface area contributed by atoms with Gasteiger partial charge < -0.3 is 25.5 Å². The highest BCUT2D eigenvalue weighted by molar-refractivity contribution is 5.90. The van der Waals surface area contributed by atoms with Crippen LogP contribution in [0, 0.1) is 5.41 Å². The number of rotatable bonds is 4. The lowest BCUT2D eigenvalue weighted by Gasteiger charge is -2.28. The minimum atomic E-state index is 0.433. The fourth-order valence-electron chi connectivity index (χ4n) is 3.97. The van der Waals surface area contributed by atoms with Crippen molar-refractivity contribution in [2.75, 3.05) is 44.0 Å². The van der Waals surface area contributed by atoms with Crippen molar-refractivity contribution in [1.82, 2.24) is 24.6 Å². The summed E-state index contributed by atoms with van der Waals surface area (Å²) in [6.45, 7) is 2.97. The van der Waals surface area contributed by atoms with Crippen LogP contribution >= 0.6 is 0 Å². The summed E-state index contributed by atoms with van der Waals surface area (Å²) < 4.78 is 12.3. The summed E-state index contributed by atoms with van der Waals surface area (Å²) in [6.07, 6.45) is 4.78. The van der Waals surface area contributed by atoms with E-state index in [4.69, 9.17) is 20.6 Å². The van der Waals surface area contributed by atoms with Crippen molar-refractivity contribution >= 4 is 34.4 Å². The van der Waals surface area contributed by atoms with Gasteiger partial charge in [0.2, 0.25) is 0 Å². The molecule has 10 nitrogen and oxygen atoms in total. The van der Waals surface area contributed by atoms with Crippen molar-refractivity contribution in [2.45, 2.75) is 0 Å². The molecule has 10 heteroatoms. The maximum absolute atomic E-state index is 7.15. The Morgan fingerprint density at radius 3 is 2.47 bits per heavy atom. The van der Waals surface area contributed by atoms with Crippen molar-refractivity contribution in [2.24, 2.45) is 0 Å². The number of nitrogens with two attached hydrogens (primary N) is 1. The van der Waals surface area contributed by atoms with E-state index in [0.717, 1.165) is 46.6 Å². The SMILES string of the molecule is COc1ccc2cc(C=N)ccc2c1.Nc1cc(N2CCOCC2)n2nc(-c3ccncc3)nc2n1. The number of fused-ring (bicyclic) bond motifs is 2. The monoisotopic (exact) mass is 482 g/mol. The van der Waals surface area contributed by atoms with Gasteiger partial charge in [-0.3, -0.25) is 4.98 Å². The predicted molar refractivity (Wildman–Crippen MR) is 140 cm³/mol. The molecular weight excluding hydrogens is 456 g/mol. The smallest absolute Gasteiger partial charge is 0.256 e. The van der Waals surface area contributed by atoms with E-state index in [1.807, 2.05) is 54.6 Å². The van der Waals surface area contributed by atoms with E-state index in [9.17, 15) is 0 Å². The van der Waals surface area contributed by atoms with Crippen LogP contribution in [0.3, 0.4) is 0 Å². The molecule has 1 saturated heterocycles. The Morgan fingerprint density at radius 1 is 0.972 bits per heavy atom. The quantitative estimate of drug-likeness (QED) is 0.373. The Balaban J connectivity index is 0.000000165. The molecule has 1 aliphatic rings. The molecule has 3 N–H and O–H groups in total. The van der Waals surface area contributed by atoms with E-state index in [-0.39, 0.29) is 0 Å². The van der Waals surface area contributed by atoms with Crippen LogP contribution in [0.4, 0.5) is 11.6 Å². The van der Waals surface area contributed by atoms with Crippen LogP contribution in [0.1, 0.15) is 5.56 Å². The lowest BCUT2D eigenvalue weighted by Crippen LogP contribution is -2.37. The molecule has 0 saturated carbocycles. The lowest BCUT2D eigenvalue weighted by molar-refractivity contribution is 0.122. The molecule has 4 heterocycles. The number of nitrogen functional groups attached to an aromatic ring is 1. The summed E-state index contributed by atoms with van der Waals surface area (Å²) >= 11 is 0. The molecule has 3 aromatic heterocycles. The highest BCUT2D eigenvalue weighted by Crippen LogP contribution is 2.23. The topological polar surface area (TPSA) is 128 Å². The molecule has 2 aromatic carbocycles. The van der Waals surface area contributed by atoms with Gasteiger partial charge in [-0.1, -0.05) is 18.2 Å². The summed E-state index contributed by atoms with van der Waals surface area (Å²) in [5.74, 6) is 3.28. The number of methoxy groups -OCH3 is 1. The molecule has 1 aliphatic heterocycles. The van der Waals surface area contributed by atoms with Crippen LogP contribution in [0.15, 0.2) is 67.0 Å². The van der Waals surface area contributed by atoms with Gasteiger partial charge in [0.1, 0.15) is 17.4 Å². The highest BCUT2D eigenvalue weighted by atomic mass is 16.5. The van der Waals surface area contributed by atoms with Crippen LogP contribution in [0.2, 0.25) is 0 Å². The van der Waals surface area contributed by atoms with Gasteiger partial charge in [-0.15, -0.1) is 5.10 Å². The molecule has 36 heavy (non-hydrogen) atoms. The van der Waals surface area contributed by atoms with Crippen LogP contribution in [-0.2, 0) is 4.74 Å². The van der Waals surface area contributed by atoms with Crippen LogP contribution in [0.5, 0.6) is 5.75 Å². The summed E-state index contributed by atoms with van der Waals surface area (Å²) in [4.78, 5) is 14.9. The molecule has 5 aromatic rings. The van der Waals surface area contributed by atoms with E-state index in [0.29, 0.717) is 30.6 Å². The van der Waals surface area contributed by atoms with Crippen molar-refractivity contribution in [1.29, 1.82) is 5.41 Å². The van der Waals surface area contributed by atoms with E-state index < -0.39 is 0 Å². The summed E-state index contributed by atoms with van der Waals surface area (Å²) in [5, 5.41) is 14.0. The minimum Gasteiger partial charge on any atom is -0.497 e. The molecule has 0 radical (unpaired) electrons. The van der Waals surface area contributed by atoms with Gasteiger partial charge in [0, 0.05) is 43.3 Å². The lowest BCUT2D eigenvalue weighted by atomic mass is 10.1.